The molecular formula is C60H113NO5. The van der Waals surface area contributed by atoms with Gasteiger partial charge in [-0.3, -0.25) is 9.59 Å². The van der Waals surface area contributed by atoms with Crippen molar-refractivity contribution in [2.24, 2.45) is 0 Å². The van der Waals surface area contributed by atoms with Crippen LogP contribution in [-0.2, 0) is 14.3 Å². The third-order valence-electron chi connectivity index (χ3n) is 13.5. The molecule has 3 unspecified atom stereocenters. The van der Waals surface area contributed by atoms with E-state index in [-0.39, 0.29) is 24.9 Å². The lowest BCUT2D eigenvalue weighted by Gasteiger charge is -2.24. The Bertz CT molecular complexity index is 1090. The van der Waals surface area contributed by atoms with E-state index in [1.807, 2.05) is 0 Å². The molecule has 0 aromatic carbocycles. The first kappa shape index (κ1) is 64.1. The monoisotopic (exact) mass is 928 g/mol. The van der Waals surface area contributed by atoms with Crippen molar-refractivity contribution in [3.05, 3.63) is 36.5 Å². The average Bonchev–Trinajstić information content (AvgIpc) is 3.31. The van der Waals surface area contributed by atoms with Gasteiger partial charge in [-0.2, -0.15) is 0 Å². The number of carbonyl (C=O) groups is 2. The van der Waals surface area contributed by atoms with Crippen LogP contribution >= 0.6 is 0 Å². The molecule has 0 radical (unpaired) electrons. The summed E-state index contributed by atoms with van der Waals surface area (Å²) in [6, 6.07) is -0.709. The van der Waals surface area contributed by atoms with E-state index in [0.29, 0.717) is 19.3 Å². The predicted octanol–water partition coefficient (Wildman–Crippen LogP) is 18.0. The Kier molecular flexibility index (Phi) is 52.5. The van der Waals surface area contributed by atoms with Gasteiger partial charge in [-0.25, -0.2) is 0 Å². The molecule has 0 saturated carbocycles. The molecule has 0 heterocycles. The molecule has 6 nitrogen and oxygen atoms in total. The molecular weight excluding hydrogens is 815 g/mol. The Morgan fingerprint density at radius 3 is 1.17 bits per heavy atom. The van der Waals surface area contributed by atoms with Crippen molar-refractivity contribution in [2.45, 2.75) is 328 Å². The summed E-state index contributed by atoms with van der Waals surface area (Å²) in [5, 5.41) is 23.9. The van der Waals surface area contributed by atoms with Crippen molar-refractivity contribution in [2.75, 3.05) is 6.61 Å². The molecule has 0 rings (SSSR count). The zero-order valence-electron chi connectivity index (χ0n) is 44.3. The Balaban J connectivity index is 4.58. The smallest absolute Gasteiger partial charge is 0.306 e. The standard InChI is InChI=1S/C60H113NO5/c1-4-7-10-13-16-19-22-25-28-31-34-37-40-43-46-49-52-58(63)57(55-62)61-59(64)54-56(51-48-45-42-39-36-33-30-27-24-21-18-15-12-9-6-3)66-60(65)53-50-47-44-41-38-35-32-29-26-23-20-17-14-11-8-5-2/h27,29-30,32,35,38,56-58,62-63H,4-26,28,31,33-34,36-37,39-55H2,1-3H3,(H,61,64)/b30-27+,32-29+,38-35+. The van der Waals surface area contributed by atoms with Crippen LogP contribution in [0.25, 0.3) is 0 Å². The second-order valence-corrected chi connectivity index (χ2v) is 20.1. The van der Waals surface area contributed by atoms with Gasteiger partial charge in [0.1, 0.15) is 6.10 Å². The first-order valence-electron chi connectivity index (χ1n) is 29.2. The molecule has 0 aliphatic carbocycles. The summed E-state index contributed by atoms with van der Waals surface area (Å²) < 4.78 is 5.95. The lowest BCUT2D eigenvalue weighted by molar-refractivity contribution is -0.151. The molecule has 0 saturated heterocycles. The molecule has 0 fully saturated rings. The van der Waals surface area contributed by atoms with Gasteiger partial charge < -0.3 is 20.3 Å². The van der Waals surface area contributed by atoms with E-state index in [1.54, 1.807) is 0 Å². The molecule has 6 heteroatoms. The van der Waals surface area contributed by atoms with Gasteiger partial charge in [0.15, 0.2) is 0 Å². The topological polar surface area (TPSA) is 95.9 Å². The summed E-state index contributed by atoms with van der Waals surface area (Å²) in [6.07, 6.45) is 64.9. The van der Waals surface area contributed by atoms with Gasteiger partial charge in [-0.15, -0.1) is 0 Å². The SMILES string of the molecule is CCCCCCCC/C=C/CCCCCCCC(CC(=O)NC(CO)C(O)CCCCCCCCCCCCCCCCCC)OC(=O)CCCCC/C=C/C=C/CCCCCCCCC. The summed E-state index contributed by atoms with van der Waals surface area (Å²) in [5.74, 6) is -0.500. The number of unbranched alkanes of at least 4 members (excludes halogenated alkanes) is 36. The Labute approximate surface area is 411 Å². The number of hydrogen-bond acceptors (Lipinski definition) is 5. The van der Waals surface area contributed by atoms with Gasteiger partial charge >= 0.3 is 5.97 Å². The summed E-state index contributed by atoms with van der Waals surface area (Å²) in [7, 11) is 0. The highest BCUT2D eigenvalue weighted by molar-refractivity contribution is 5.77. The van der Waals surface area contributed by atoms with Crippen LogP contribution in [0.1, 0.15) is 310 Å². The van der Waals surface area contributed by atoms with Crippen molar-refractivity contribution in [3.63, 3.8) is 0 Å². The average molecular weight is 929 g/mol. The molecule has 66 heavy (non-hydrogen) atoms. The third-order valence-corrected chi connectivity index (χ3v) is 13.5. The van der Waals surface area contributed by atoms with Crippen molar-refractivity contribution >= 4 is 11.9 Å². The van der Waals surface area contributed by atoms with Crippen LogP contribution in [-0.4, -0.2) is 46.9 Å². The van der Waals surface area contributed by atoms with Gasteiger partial charge in [0.25, 0.3) is 0 Å². The van der Waals surface area contributed by atoms with Crippen LogP contribution in [0.15, 0.2) is 36.5 Å². The van der Waals surface area contributed by atoms with Crippen LogP contribution in [0.4, 0.5) is 0 Å². The molecule has 3 atom stereocenters. The first-order valence-corrected chi connectivity index (χ1v) is 29.2. The van der Waals surface area contributed by atoms with Crippen LogP contribution in [0.5, 0.6) is 0 Å². The van der Waals surface area contributed by atoms with Gasteiger partial charge in [0.05, 0.1) is 25.2 Å². The Morgan fingerprint density at radius 2 is 0.773 bits per heavy atom. The number of hydrogen-bond donors (Lipinski definition) is 3. The van der Waals surface area contributed by atoms with Crippen molar-refractivity contribution < 1.29 is 24.5 Å². The summed E-state index contributed by atoms with van der Waals surface area (Å²) in [4.78, 5) is 26.3. The number of ether oxygens (including phenoxy) is 1. The first-order chi connectivity index (χ1) is 32.5. The number of amides is 1. The normalized spacial score (nSPS) is 13.3. The molecule has 388 valence electrons. The van der Waals surface area contributed by atoms with Gasteiger partial charge in [-0.1, -0.05) is 256 Å². The van der Waals surface area contributed by atoms with Gasteiger partial charge in [0.2, 0.25) is 5.91 Å². The third kappa shape index (κ3) is 48.5. The second kappa shape index (κ2) is 54.0. The molecule has 0 aromatic rings. The number of aliphatic hydroxyl groups is 2. The number of nitrogens with one attached hydrogen (secondary N) is 1. The van der Waals surface area contributed by atoms with Crippen LogP contribution in [0.3, 0.4) is 0 Å². The minimum Gasteiger partial charge on any atom is -0.462 e. The van der Waals surface area contributed by atoms with E-state index in [1.165, 1.54) is 186 Å². The van der Waals surface area contributed by atoms with Crippen LogP contribution in [0.2, 0.25) is 0 Å². The summed E-state index contributed by atoms with van der Waals surface area (Å²) >= 11 is 0. The molecule has 0 aliphatic heterocycles. The number of aliphatic hydroxyl groups excluding tert-OH is 2. The molecule has 1 amide bonds. The summed E-state index contributed by atoms with van der Waals surface area (Å²) in [6.45, 7) is 6.50. The molecule has 0 spiro atoms. The fourth-order valence-electron chi connectivity index (χ4n) is 9.01. The van der Waals surface area contributed by atoms with Crippen molar-refractivity contribution in [3.8, 4) is 0 Å². The quantitative estimate of drug-likeness (QED) is 0.0244. The fourth-order valence-corrected chi connectivity index (χ4v) is 9.01. The second-order valence-electron chi connectivity index (χ2n) is 20.1. The maximum Gasteiger partial charge on any atom is 0.306 e. The molecule has 0 bridgehead atoms. The van der Waals surface area contributed by atoms with Crippen LogP contribution in [0, 0.1) is 0 Å². The van der Waals surface area contributed by atoms with Gasteiger partial charge in [-0.05, 0) is 77.0 Å². The highest BCUT2D eigenvalue weighted by Crippen LogP contribution is 2.18. The summed E-state index contributed by atoms with van der Waals surface area (Å²) in [5.41, 5.74) is 0. The Hall–Kier alpha value is -1.92. The highest BCUT2D eigenvalue weighted by atomic mass is 16.5. The van der Waals surface area contributed by atoms with E-state index in [0.717, 1.165) is 77.0 Å². The number of carbonyl (C=O) groups excluding carboxylic acids is 2. The van der Waals surface area contributed by atoms with Crippen molar-refractivity contribution in [1.29, 1.82) is 0 Å². The predicted molar refractivity (Wildman–Crippen MR) is 287 cm³/mol. The zero-order valence-corrected chi connectivity index (χ0v) is 44.3. The van der Waals surface area contributed by atoms with E-state index in [4.69, 9.17) is 4.74 Å². The van der Waals surface area contributed by atoms with E-state index in [2.05, 4.69) is 62.5 Å². The van der Waals surface area contributed by atoms with E-state index in [9.17, 15) is 19.8 Å². The maximum atomic E-state index is 13.3. The van der Waals surface area contributed by atoms with Gasteiger partial charge in [0, 0.05) is 6.42 Å². The number of rotatable bonds is 53. The Morgan fingerprint density at radius 1 is 0.439 bits per heavy atom. The largest absolute Gasteiger partial charge is 0.462 e. The number of allylic oxidation sites excluding steroid dienone is 6. The number of esters is 1. The fraction of sp³-hybridized carbons (Fsp3) is 0.867. The molecule has 3 N–H and O–H groups in total. The molecule has 0 aromatic heterocycles. The van der Waals surface area contributed by atoms with Crippen molar-refractivity contribution in [1.82, 2.24) is 5.32 Å². The lowest BCUT2D eigenvalue weighted by atomic mass is 10.0. The minimum atomic E-state index is -0.794. The maximum absolute atomic E-state index is 13.3. The van der Waals surface area contributed by atoms with E-state index < -0.39 is 18.2 Å². The molecule has 0 aliphatic rings. The van der Waals surface area contributed by atoms with E-state index >= 15 is 0 Å². The minimum absolute atomic E-state index is 0.0642. The lowest BCUT2D eigenvalue weighted by Crippen LogP contribution is -2.46. The highest BCUT2D eigenvalue weighted by Gasteiger charge is 2.24. The zero-order chi connectivity index (χ0) is 48.1. The van der Waals surface area contributed by atoms with Crippen LogP contribution < -0.4 is 5.32 Å².